The molecule has 2 rings (SSSR count). The summed E-state index contributed by atoms with van der Waals surface area (Å²) < 4.78 is 0. The van der Waals surface area contributed by atoms with Gasteiger partial charge in [0.25, 0.3) is 5.69 Å². The third-order valence-corrected chi connectivity index (χ3v) is 2.79. The highest BCUT2D eigenvalue weighted by Crippen LogP contribution is 2.31. The van der Waals surface area contributed by atoms with Gasteiger partial charge < -0.3 is 11.1 Å². The van der Waals surface area contributed by atoms with Crippen LogP contribution in [-0.4, -0.2) is 18.0 Å². The van der Waals surface area contributed by atoms with Crippen LogP contribution < -0.4 is 11.1 Å². The molecule has 5 heteroatoms. The van der Waals surface area contributed by atoms with Gasteiger partial charge in [-0.15, -0.1) is 0 Å². The molecule has 0 amide bonds. The smallest absolute Gasteiger partial charge is 0.277 e. The molecule has 2 aromatic carbocycles. The average Bonchev–Trinajstić information content (AvgIpc) is 2.38. The molecule has 0 aliphatic carbocycles. The number of fused-ring (bicyclic) bond motifs is 1. The average molecular weight is 245 g/mol. The minimum atomic E-state index is -0.355. The Kier molecular flexibility index (Phi) is 3.74. The quantitative estimate of drug-likeness (QED) is 0.481. The summed E-state index contributed by atoms with van der Waals surface area (Å²) in [7, 11) is 0. The molecular weight excluding hydrogens is 230 g/mol. The third kappa shape index (κ3) is 2.41. The lowest BCUT2D eigenvalue weighted by Gasteiger charge is -2.09. The van der Waals surface area contributed by atoms with Crippen LogP contribution in [0.1, 0.15) is 6.42 Å². The van der Waals surface area contributed by atoms with Gasteiger partial charge in [0.15, 0.2) is 0 Å². The number of hydrogen-bond acceptors (Lipinski definition) is 4. The topological polar surface area (TPSA) is 81.2 Å². The number of rotatable bonds is 5. The SMILES string of the molecule is NCCCNc1ccc([N+](=O)[O-])c2ccccc12. The molecule has 0 fully saturated rings. The van der Waals surface area contributed by atoms with Gasteiger partial charge >= 0.3 is 0 Å². The first-order valence-electron chi connectivity index (χ1n) is 5.84. The molecule has 0 unspecified atom stereocenters. The zero-order valence-corrected chi connectivity index (χ0v) is 9.93. The summed E-state index contributed by atoms with van der Waals surface area (Å²) >= 11 is 0. The number of nitro groups is 1. The fourth-order valence-corrected chi connectivity index (χ4v) is 1.92. The van der Waals surface area contributed by atoms with Gasteiger partial charge in [-0.2, -0.15) is 0 Å². The Labute approximate surface area is 105 Å². The summed E-state index contributed by atoms with van der Waals surface area (Å²) in [6.45, 7) is 1.39. The van der Waals surface area contributed by atoms with E-state index in [1.165, 1.54) is 6.07 Å². The zero-order valence-electron chi connectivity index (χ0n) is 9.93. The van der Waals surface area contributed by atoms with Gasteiger partial charge in [0.05, 0.1) is 10.3 Å². The van der Waals surface area contributed by atoms with E-state index in [-0.39, 0.29) is 10.6 Å². The molecule has 0 radical (unpaired) electrons. The van der Waals surface area contributed by atoms with E-state index in [4.69, 9.17) is 5.73 Å². The molecule has 0 spiro atoms. The van der Waals surface area contributed by atoms with Gasteiger partial charge in [0.1, 0.15) is 0 Å². The lowest BCUT2D eigenvalue weighted by molar-refractivity contribution is -0.383. The second-order valence-corrected chi connectivity index (χ2v) is 4.00. The zero-order chi connectivity index (χ0) is 13.0. The maximum atomic E-state index is 11.0. The third-order valence-electron chi connectivity index (χ3n) is 2.79. The van der Waals surface area contributed by atoms with Crippen molar-refractivity contribution in [2.45, 2.75) is 6.42 Å². The highest BCUT2D eigenvalue weighted by atomic mass is 16.6. The molecule has 0 heterocycles. The van der Waals surface area contributed by atoms with Crippen molar-refractivity contribution in [1.82, 2.24) is 0 Å². The van der Waals surface area contributed by atoms with Crippen molar-refractivity contribution >= 4 is 22.1 Å². The second-order valence-electron chi connectivity index (χ2n) is 4.00. The first kappa shape index (κ1) is 12.3. The van der Waals surface area contributed by atoms with E-state index in [0.29, 0.717) is 11.9 Å². The molecule has 5 nitrogen and oxygen atoms in total. The number of nitrogens with one attached hydrogen (secondary N) is 1. The van der Waals surface area contributed by atoms with Gasteiger partial charge in [-0.25, -0.2) is 0 Å². The maximum Gasteiger partial charge on any atom is 0.277 e. The van der Waals surface area contributed by atoms with Gasteiger partial charge in [0, 0.05) is 23.7 Å². The lowest BCUT2D eigenvalue weighted by Crippen LogP contribution is -2.08. The fourth-order valence-electron chi connectivity index (χ4n) is 1.92. The van der Waals surface area contributed by atoms with Crippen molar-refractivity contribution in [1.29, 1.82) is 0 Å². The highest BCUT2D eigenvalue weighted by Gasteiger charge is 2.13. The van der Waals surface area contributed by atoms with Gasteiger partial charge in [0.2, 0.25) is 0 Å². The molecule has 2 aromatic rings. The fraction of sp³-hybridized carbons (Fsp3) is 0.231. The standard InChI is InChI=1S/C13H15N3O2/c14-8-3-9-15-12-6-7-13(16(17)18)11-5-2-1-4-10(11)12/h1-2,4-7,15H,3,8-9,14H2. The molecule has 0 atom stereocenters. The van der Waals surface area contributed by atoms with E-state index in [1.54, 1.807) is 18.2 Å². The normalized spacial score (nSPS) is 10.5. The van der Waals surface area contributed by atoms with Crippen molar-refractivity contribution in [3.8, 4) is 0 Å². The van der Waals surface area contributed by atoms with Crippen LogP contribution in [0.5, 0.6) is 0 Å². The largest absolute Gasteiger partial charge is 0.384 e. The van der Waals surface area contributed by atoms with Crippen LogP contribution in [0.25, 0.3) is 10.8 Å². The van der Waals surface area contributed by atoms with Crippen molar-refractivity contribution in [3.63, 3.8) is 0 Å². The van der Waals surface area contributed by atoms with Crippen LogP contribution in [-0.2, 0) is 0 Å². The van der Waals surface area contributed by atoms with Crippen LogP contribution in [0.4, 0.5) is 11.4 Å². The summed E-state index contributed by atoms with van der Waals surface area (Å²) in [6.07, 6.45) is 0.866. The number of anilines is 1. The molecule has 0 aliphatic rings. The number of non-ortho nitro benzene ring substituents is 1. The lowest BCUT2D eigenvalue weighted by atomic mass is 10.1. The number of benzene rings is 2. The first-order valence-corrected chi connectivity index (χ1v) is 5.84. The Balaban J connectivity index is 2.44. The summed E-state index contributed by atoms with van der Waals surface area (Å²) in [4.78, 5) is 10.6. The molecule has 0 saturated carbocycles. The van der Waals surface area contributed by atoms with E-state index >= 15 is 0 Å². The summed E-state index contributed by atoms with van der Waals surface area (Å²) in [6, 6.07) is 10.6. The summed E-state index contributed by atoms with van der Waals surface area (Å²) in [5.41, 5.74) is 6.48. The van der Waals surface area contributed by atoms with Crippen LogP contribution >= 0.6 is 0 Å². The Morgan fingerprint density at radius 3 is 2.56 bits per heavy atom. The van der Waals surface area contributed by atoms with Crippen LogP contribution in [0.2, 0.25) is 0 Å². The molecule has 94 valence electrons. The molecule has 0 bridgehead atoms. The Hall–Kier alpha value is -2.14. The van der Waals surface area contributed by atoms with E-state index < -0.39 is 0 Å². The summed E-state index contributed by atoms with van der Waals surface area (Å²) in [5.74, 6) is 0. The van der Waals surface area contributed by atoms with E-state index in [2.05, 4.69) is 5.32 Å². The summed E-state index contributed by atoms with van der Waals surface area (Å²) in [5, 5.41) is 15.7. The first-order chi connectivity index (χ1) is 8.74. The number of nitrogens with zero attached hydrogens (tertiary/aromatic N) is 1. The Bertz CT molecular complexity index is 569. The van der Waals surface area contributed by atoms with Crippen LogP contribution in [0.15, 0.2) is 36.4 Å². The second kappa shape index (κ2) is 5.46. The predicted molar refractivity (Wildman–Crippen MR) is 72.8 cm³/mol. The predicted octanol–water partition coefficient (Wildman–Crippen LogP) is 2.51. The van der Waals surface area contributed by atoms with E-state index in [9.17, 15) is 10.1 Å². The Morgan fingerprint density at radius 2 is 1.89 bits per heavy atom. The molecule has 3 N–H and O–H groups in total. The number of nitrogens with two attached hydrogens (primary N) is 1. The van der Waals surface area contributed by atoms with Gasteiger partial charge in [-0.3, -0.25) is 10.1 Å². The molecule has 18 heavy (non-hydrogen) atoms. The van der Waals surface area contributed by atoms with Crippen molar-refractivity contribution in [3.05, 3.63) is 46.5 Å². The van der Waals surface area contributed by atoms with Gasteiger partial charge in [-0.1, -0.05) is 18.2 Å². The van der Waals surface area contributed by atoms with Crippen molar-refractivity contribution in [2.75, 3.05) is 18.4 Å². The van der Waals surface area contributed by atoms with Crippen LogP contribution in [0, 0.1) is 10.1 Å². The van der Waals surface area contributed by atoms with Crippen molar-refractivity contribution < 1.29 is 4.92 Å². The molecule has 0 aromatic heterocycles. The maximum absolute atomic E-state index is 11.0. The van der Waals surface area contributed by atoms with E-state index in [0.717, 1.165) is 24.0 Å². The molecular formula is C13H15N3O2. The molecule has 0 saturated heterocycles. The van der Waals surface area contributed by atoms with Crippen LogP contribution in [0.3, 0.4) is 0 Å². The minimum absolute atomic E-state index is 0.134. The minimum Gasteiger partial charge on any atom is -0.384 e. The number of nitro benzene ring substituents is 1. The van der Waals surface area contributed by atoms with Gasteiger partial charge in [-0.05, 0) is 25.1 Å². The Morgan fingerprint density at radius 1 is 1.17 bits per heavy atom. The highest BCUT2D eigenvalue weighted by molar-refractivity contribution is 5.99. The molecule has 0 aliphatic heterocycles. The monoisotopic (exact) mass is 245 g/mol. The van der Waals surface area contributed by atoms with Crippen molar-refractivity contribution in [2.24, 2.45) is 5.73 Å². The number of hydrogen-bond donors (Lipinski definition) is 2. The van der Waals surface area contributed by atoms with E-state index in [1.807, 2.05) is 12.1 Å².